The van der Waals surface area contributed by atoms with E-state index in [0.717, 1.165) is 32.1 Å². The summed E-state index contributed by atoms with van der Waals surface area (Å²) in [6.07, 6.45) is 29.4. The van der Waals surface area contributed by atoms with E-state index in [9.17, 15) is 0 Å². The third kappa shape index (κ3) is 3.59. The van der Waals surface area contributed by atoms with E-state index in [1.54, 1.807) is 11.1 Å². The molecule has 176 valence electrons. The molecule has 0 amide bonds. The SMILES string of the molecule is C1=CCCC(C2=c3ccccc3=C(C3=CC4=C(C=CCC4)CC3c3ccccc3)C3C=CC=CC23)=C1. The van der Waals surface area contributed by atoms with E-state index in [1.165, 1.54) is 38.3 Å². The van der Waals surface area contributed by atoms with Gasteiger partial charge in [0.1, 0.15) is 0 Å². The molecule has 0 N–H and O–H groups in total. The van der Waals surface area contributed by atoms with Crippen LogP contribution in [0.3, 0.4) is 0 Å². The van der Waals surface area contributed by atoms with Crippen molar-refractivity contribution in [1.82, 2.24) is 0 Å². The molecule has 0 saturated heterocycles. The van der Waals surface area contributed by atoms with Crippen LogP contribution in [-0.4, -0.2) is 0 Å². The standard InChI is InChI=1S/C36H32/c1-3-13-25(14-4-1)33-23-27-17-7-8-18-28(27)24-34(33)36-31-21-11-9-19-29(31)35(26-15-5-2-6-16-26)30-20-10-12-22-32(30)36/h1-5,7,9-15,17,19-22,24,29,31,33H,6,8,16,18,23H2. The van der Waals surface area contributed by atoms with Gasteiger partial charge in [-0.2, -0.15) is 0 Å². The van der Waals surface area contributed by atoms with Gasteiger partial charge in [0.25, 0.3) is 0 Å². The van der Waals surface area contributed by atoms with E-state index in [2.05, 4.69) is 115 Å². The molecular weight excluding hydrogens is 432 g/mol. The molecule has 5 aliphatic rings. The summed E-state index contributed by atoms with van der Waals surface area (Å²) in [7, 11) is 0. The molecule has 0 radical (unpaired) electrons. The molecule has 0 aromatic heterocycles. The molecule has 5 aliphatic carbocycles. The predicted molar refractivity (Wildman–Crippen MR) is 152 cm³/mol. The molecule has 3 unspecified atom stereocenters. The second kappa shape index (κ2) is 9.10. The molecule has 3 atom stereocenters. The third-order valence-electron chi connectivity index (χ3n) is 8.62. The van der Waals surface area contributed by atoms with Crippen molar-refractivity contribution in [3.8, 4) is 0 Å². The minimum atomic E-state index is 0.366. The number of hydrogen-bond donors (Lipinski definition) is 0. The Kier molecular flexibility index (Phi) is 5.47. The van der Waals surface area contributed by atoms with Gasteiger partial charge in [-0.1, -0.05) is 115 Å². The van der Waals surface area contributed by atoms with Crippen molar-refractivity contribution in [2.75, 3.05) is 0 Å². The van der Waals surface area contributed by atoms with Crippen LogP contribution in [0.1, 0.15) is 43.6 Å². The lowest BCUT2D eigenvalue weighted by Crippen LogP contribution is -2.41. The summed E-state index contributed by atoms with van der Waals surface area (Å²) < 4.78 is 0. The first-order valence-corrected chi connectivity index (χ1v) is 13.6. The van der Waals surface area contributed by atoms with E-state index in [-0.39, 0.29) is 0 Å². The van der Waals surface area contributed by atoms with Crippen LogP contribution in [0.2, 0.25) is 0 Å². The number of allylic oxidation sites excluding steroid dienone is 14. The highest BCUT2D eigenvalue weighted by Gasteiger charge is 2.36. The van der Waals surface area contributed by atoms with Gasteiger partial charge in [-0.25, -0.2) is 0 Å². The fraction of sp³-hybridized carbons (Fsp3) is 0.222. The van der Waals surface area contributed by atoms with Crippen LogP contribution in [0, 0.1) is 11.8 Å². The van der Waals surface area contributed by atoms with Crippen LogP contribution in [0.25, 0.3) is 11.1 Å². The van der Waals surface area contributed by atoms with Gasteiger partial charge in [0.2, 0.25) is 0 Å². The number of hydrogen-bond acceptors (Lipinski definition) is 0. The molecule has 0 heterocycles. The molecule has 0 aliphatic heterocycles. The predicted octanol–water partition coefficient (Wildman–Crippen LogP) is 7.40. The van der Waals surface area contributed by atoms with Gasteiger partial charge in [0.05, 0.1) is 0 Å². The zero-order valence-corrected chi connectivity index (χ0v) is 20.7. The highest BCUT2D eigenvalue weighted by Crippen LogP contribution is 2.49. The smallest absolute Gasteiger partial charge is 0.0134 e. The molecule has 2 aromatic rings. The van der Waals surface area contributed by atoms with Gasteiger partial charge < -0.3 is 0 Å². The second-order valence-electron chi connectivity index (χ2n) is 10.6. The van der Waals surface area contributed by atoms with Crippen LogP contribution in [0.4, 0.5) is 0 Å². The van der Waals surface area contributed by atoms with E-state index in [1.807, 2.05) is 0 Å². The Morgan fingerprint density at radius 3 is 2.14 bits per heavy atom. The molecule has 0 fully saturated rings. The van der Waals surface area contributed by atoms with E-state index >= 15 is 0 Å². The van der Waals surface area contributed by atoms with Gasteiger partial charge >= 0.3 is 0 Å². The fourth-order valence-electron chi connectivity index (χ4n) is 7.00. The molecule has 0 heteroatoms. The van der Waals surface area contributed by atoms with Crippen molar-refractivity contribution in [2.24, 2.45) is 11.8 Å². The lowest BCUT2D eigenvalue weighted by Gasteiger charge is -2.38. The second-order valence-corrected chi connectivity index (χ2v) is 10.6. The van der Waals surface area contributed by atoms with E-state index in [4.69, 9.17) is 0 Å². The Hall–Kier alpha value is -3.64. The Morgan fingerprint density at radius 1 is 0.639 bits per heavy atom. The van der Waals surface area contributed by atoms with Crippen molar-refractivity contribution in [2.45, 2.75) is 38.0 Å². The maximum absolute atomic E-state index is 2.59. The molecule has 2 aromatic carbocycles. The summed E-state index contributed by atoms with van der Waals surface area (Å²) in [4.78, 5) is 0. The molecule has 0 saturated carbocycles. The van der Waals surface area contributed by atoms with E-state index in [0.29, 0.717) is 17.8 Å². The lowest BCUT2D eigenvalue weighted by molar-refractivity contribution is 0.660. The minimum absolute atomic E-state index is 0.366. The minimum Gasteiger partial charge on any atom is -0.0842 e. The average Bonchev–Trinajstić information content (AvgIpc) is 2.96. The topological polar surface area (TPSA) is 0 Å². The highest BCUT2D eigenvalue weighted by atomic mass is 14.4. The van der Waals surface area contributed by atoms with Crippen molar-refractivity contribution in [3.63, 3.8) is 0 Å². The first-order chi connectivity index (χ1) is 17.9. The first-order valence-electron chi connectivity index (χ1n) is 13.6. The number of benzene rings is 2. The van der Waals surface area contributed by atoms with Crippen LogP contribution in [0.15, 0.2) is 138 Å². The quantitative estimate of drug-likeness (QED) is 0.444. The van der Waals surface area contributed by atoms with Crippen LogP contribution < -0.4 is 10.4 Å². The summed E-state index contributed by atoms with van der Waals surface area (Å²) >= 11 is 0. The largest absolute Gasteiger partial charge is 0.0842 e. The van der Waals surface area contributed by atoms with Crippen LogP contribution in [0.5, 0.6) is 0 Å². The first kappa shape index (κ1) is 21.6. The third-order valence-corrected chi connectivity index (χ3v) is 8.62. The molecule has 7 rings (SSSR count). The number of rotatable bonds is 3. The van der Waals surface area contributed by atoms with Crippen molar-refractivity contribution >= 4 is 11.1 Å². The van der Waals surface area contributed by atoms with Gasteiger partial charge in [-0.05, 0) is 81.5 Å². The Morgan fingerprint density at radius 2 is 1.36 bits per heavy atom. The van der Waals surface area contributed by atoms with Gasteiger partial charge in [0, 0.05) is 17.8 Å². The summed E-state index contributed by atoms with van der Waals surface area (Å²) in [6, 6.07) is 20.4. The maximum Gasteiger partial charge on any atom is 0.0134 e. The number of fused-ring (bicyclic) bond motifs is 2. The lowest BCUT2D eigenvalue weighted by atomic mass is 9.65. The highest BCUT2D eigenvalue weighted by molar-refractivity contribution is 5.82. The zero-order valence-electron chi connectivity index (χ0n) is 20.7. The normalized spacial score (nSPS) is 26.3. The molecule has 0 bridgehead atoms. The van der Waals surface area contributed by atoms with Crippen LogP contribution >= 0.6 is 0 Å². The average molecular weight is 465 g/mol. The van der Waals surface area contributed by atoms with Crippen molar-refractivity contribution in [1.29, 1.82) is 0 Å². The van der Waals surface area contributed by atoms with Crippen LogP contribution in [-0.2, 0) is 0 Å². The summed E-state index contributed by atoms with van der Waals surface area (Å²) in [5, 5.41) is 2.87. The van der Waals surface area contributed by atoms with Gasteiger partial charge in [-0.3, -0.25) is 0 Å². The van der Waals surface area contributed by atoms with Crippen molar-refractivity contribution < 1.29 is 0 Å². The molecule has 0 spiro atoms. The Balaban J connectivity index is 1.54. The van der Waals surface area contributed by atoms with Crippen molar-refractivity contribution in [3.05, 3.63) is 154 Å². The molecule has 0 nitrogen and oxygen atoms in total. The van der Waals surface area contributed by atoms with Gasteiger partial charge in [-0.15, -0.1) is 0 Å². The zero-order chi connectivity index (χ0) is 23.9. The summed E-state index contributed by atoms with van der Waals surface area (Å²) in [5.74, 6) is 1.14. The summed E-state index contributed by atoms with van der Waals surface area (Å²) in [6.45, 7) is 0. The maximum atomic E-state index is 2.59. The monoisotopic (exact) mass is 464 g/mol. The fourth-order valence-corrected chi connectivity index (χ4v) is 7.00. The molecular formula is C36H32. The van der Waals surface area contributed by atoms with Gasteiger partial charge in [0.15, 0.2) is 0 Å². The Bertz CT molecular complexity index is 1550. The summed E-state index contributed by atoms with van der Waals surface area (Å²) in [5.41, 5.74) is 10.6. The van der Waals surface area contributed by atoms with E-state index < -0.39 is 0 Å². The Labute approximate surface area is 214 Å². The molecule has 36 heavy (non-hydrogen) atoms.